The van der Waals surface area contributed by atoms with E-state index in [0.29, 0.717) is 27.9 Å². The topological polar surface area (TPSA) is 68.4 Å². The van der Waals surface area contributed by atoms with Crippen LogP contribution in [-0.4, -0.2) is 56.4 Å². The first-order chi connectivity index (χ1) is 15.7. The molecule has 33 heavy (non-hydrogen) atoms. The van der Waals surface area contributed by atoms with Crippen LogP contribution in [0.1, 0.15) is 18.1 Å². The fraction of sp³-hybridized carbons (Fsp3) is 0.292. The summed E-state index contributed by atoms with van der Waals surface area (Å²) < 4.78 is 23.6. The number of methoxy groups -OCH3 is 1. The van der Waals surface area contributed by atoms with Gasteiger partial charge in [-0.05, 0) is 31.1 Å². The van der Waals surface area contributed by atoms with E-state index >= 15 is 0 Å². The van der Waals surface area contributed by atoms with Crippen LogP contribution < -0.4 is 10.4 Å². The molecule has 1 aliphatic heterocycles. The third-order valence-electron chi connectivity index (χ3n) is 6.63. The predicted molar refractivity (Wildman–Crippen MR) is 126 cm³/mol. The summed E-state index contributed by atoms with van der Waals surface area (Å²) in [4.78, 5) is 21.8. The molecule has 0 amide bonds. The van der Waals surface area contributed by atoms with Crippen LogP contribution in [-0.2, 0) is 7.05 Å². The fourth-order valence-corrected chi connectivity index (χ4v) is 4.60. The van der Waals surface area contributed by atoms with Gasteiger partial charge in [0.1, 0.15) is 5.75 Å². The molecule has 0 saturated carbocycles. The number of hydrogen-bond acceptors (Lipinski definition) is 6. The van der Waals surface area contributed by atoms with Gasteiger partial charge in [-0.1, -0.05) is 0 Å². The maximum absolute atomic E-state index is 14.9. The molecule has 1 unspecified atom stereocenters. The number of aromatic nitrogens is 4. The highest BCUT2D eigenvalue weighted by molar-refractivity contribution is 6.05. The number of fused-ring (bicyclic) bond motifs is 3. The van der Waals surface area contributed by atoms with Crippen LogP contribution in [0.15, 0.2) is 41.7 Å². The number of nitrogens with zero attached hydrogens (tertiary/aromatic N) is 6. The van der Waals surface area contributed by atoms with Gasteiger partial charge in [0, 0.05) is 50.6 Å². The maximum atomic E-state index is 14.9. The molecular formula is C24H25FN6O2. The van der Waals surface area contributed by atoms with Crippen molar-refractivity contribution in [3.8, 4) is 11.4 Å². The number of rotatable bonds is 3. The normalized spacial score (nSPS) is 16.8. The molecule has 170 valence electrons. The molecule has 0 spiro atoms. The number of halogens is 1. The summed E-state index contributed by atoms with van der Waals surface area (Å²) in [5, 5.41) is 4.88. The Morgan fingerprint density at radius 3 is 2.52 bits per heavy atom. The molecule has 0 aliphatic carbocycles. The Kier molecular flexibility index (Phi) is 4.75. The van der Waals surface area contributed by atoms with Gasteiger partial charge < -0.3 is 9.75 Å². The Morgan fingerprint density at radius 2 is 1.88 bits per heavy atom. The number of benzene rings is 1. The number of hydrazine groups is 1. The van der Waals surface area contributed by atoms with Gasteiger partial charge in [-0.15, -0.1) is 0 Å². The Labute approximate surface area is 190 Å². The molecule has 5 rings (SSSR count). The fourth-order valence-electron chi connectivity index (χ4n) is 4.60. The summed E-state index contributed by atoms with van der Waals surface area (Å²) in [6.45, 7) is 3.86. The van der Waals surface area contributed by atoms with Crippen molar-refractivity contribution in [3.05, 3.63) is 64.4 Å². The summed E-state index contributed by atoms with van der Waals surface area (Å²) in [7, 11) is 7.30. The second kappa shape index (κ2) is 7.41. The van der Waals surface area contributed by atoms with E-state index in [1.807, 2.05) is 31.2 Å². The number of hydrogen-bond donors (Lipinski definition) is 0. The second-order valence-electron chi connectivity index (χ2n) is 8.43. The minimum absolute atomic E-state index is 0.117. The molecule has 4 aromatic rings. The van der Waals surface area contributed by atoms with E-state index in [1.165, 1.54) is 9.13 Å². The molecule has 3 aromatic heterocycles. The van der Waals surface area contributed by atoms with E-state index < -0.39 is 5.82 Å². The molecule has 4 heterocycles. The third kappa shape index (κ3) is 2.96. The number of imidazole rings is 1. The lowest BCUT2D eigenvalue weighted by molar-refractivity contribution is 0.0823. The number of pyridine rings is 2. The van der Waals surface area contributed by atoms with Gasteiger partial charge in [0.2, 0.25) is 0 Å². The molecule has 0 fully saturated rings. The van der Waals surface area contributed by atoms with E-state index in [1.54, 1.807) is 33.5 Å². The SMILES string of the molecule is COc1cc2ncc3c(c2cc1C1=CN(C)N(C)C1C)n(-c1c(C)cncc1F)c(=O)n3C. The zero-order valence-corrected chi connectivity index (χ0v) is 19.4. The summed E-state index contributed by atoms with van der Waals surface area (Å²) in [6.07, 6.45) is 6.38. The van der Waals surface area contributed by atoms with Crippen LogP contribution in [0, 0.1) is 12.7 Å². The van der Waals surface area contributed by atoms with Crippen molar-refractivity contribution in [2.75, 3.05) is 21.2 Å². The summed E-state index contributed by atoms with van der Waals surface area (Å²) in [5.74, 6) is 0.130. The highest BCUT2D eigenvalue weighted by Crippen LogP contribution is 2.38. The van der Waals surface area contributed by atoms with Crippen LogP contribution in [0.4, 0.5) is 4.39 Å². The molecule has 8 nitrogen and oxygen atoms in total. The molecule has 1 atom stereocenters. The smallest absolute Gasteiger partial charge is 0.333 e. The van der Waals surface area contributed by atoms with Crippen molar-refractivity contribution in [2.24, 2.45) is 7.05 Å². The van der Waals surface area contributed by atoms with Gasteiger partial charge >= 0.3 is 5.69 Å². The van der Waals surface area contributed by atoms with Crippen molar-refractivity contribution in [1.82, 2.24) is 29.1 Å². The molecule has 9 heteroatoms. The highest BCUT2D eigenvalue weighted by Gasteiger charge is 2.28. The highest BCUT2D eigenvalue weighted by atomic mass is 19.1. The second-order valence-corrected chi connectivity index (χ2v) is 8.43. The Balaban J connectivity index is 1.92. The van der Waals surface area contributed by atoms with Crippen molar-refractivity contribution in [2.45, 2.75) is 19.9 Å². The molecule has 1 aliphatic rings. The van der Waals surface area contributed by atoms with Gasteiger partial charge in [0.15, 0.2) is 5.82 Å². The molecule has 0 bridgehead atoms. The quantitative estimate of drug-likeness (QED) is 0.479. The molecule has 1 aromatic carbocycles. The first-order valence-corrected chi connectivity index (χ1v) is 10.6. The zero-order valence-electron chi connectivity index (χ0n) is 19.4. The van der Waals surface area contributed by atoms with E-state index in [-0.39, 0.29) is 17.4 Å². The van der Waals surface area contributed by atoms with Crippen LogP contribution in [0.5, 0.6) is 5.75 Å². The lowest BCUT2D eigenvalue weighted by Gasteiger charge is -2.25. The van der Waals surface area contributed by atoms with E-state index in [0.717, 1.165) is 22.7 Å². The van der Waals surface area contributed by atoms with Gasteiger partial charge in [-0.2, -0.15) is 0 Å². The third-order valence-corrected chi connectivity index (χ3v) is 6.63. The number of ether oxygens (including phenoxy) is 1. The van der Waals surface area contributed by atoms with Crippen LogP contribution in [0.3, 0.4) is 0 Å². The van der Waals surface area contributed by atoms with E-state index in [9.17, 15) is 9.18 Å². The van der Waals surface area contributed by atoms with Gasteiger partial charge in [0.25, 0.3) is 0 Å². The van der Waals surface area contributed by atoms with E-state index in [2.05, 4.69) is 28.1 Å². The summed E-state index contributed by atoms with van der Waals surface area (Å²) >= 11 is 0. The lowest BCUT2D eigenvalue weighted by Crippen LogP contribution is -2.33. The summed E-state index contributed by atoms with van der Waals surface area (Å²) in [6, 6.07) is 3.97. The van der Waals surface area contributed by atoms with Gasteiger partial charge in [0.05, 0.1) is 47.8 Å². The average Bonchev–Trinajstić information content (AvgIpc) is 3.20. The number of likely N-dealkylation sites (N-methyl/N-ethyl adjacent to an activating group) is 1. The monoisotopic (exact) mass is 448 g/mol. The largest absolute Gasteiger partial charge is 0.496 e. The summed E-state index contributed by atoms with van der Waals surface area (Å²) in [5.41, 5.74) is 4.25. The van der Waals surface area contributed by atoms with Crippen molar-refractivity contribution < 1.29 is 9.13 Å². The first kappa shape index (κ1) is 21.1. The standard InChI is InChI=1S/C24H25FN6O2/c1-13-9-26-10-18(25)22(13)31-23-16-7-15(17-12-28(3)30(5)14(17)2)21(33-6)8-19(16)27-11-20(23)29(4)24(31)32/h7-12,14H,1-6H3. The number of aryl methyl sites for hydroxylation is 2. The minimum Gasteiger partial charge on any atom is -0.496 e. The Morgan fingerprint density at radius 1 is 1.12 bits per heavy atom. The van der Waals surface area contributed by atoms with Gasteiger partial charge in [-0.25, -0.2) is 14.2 Å². The average molecular weight is 449 g/mol. The van der Waals surface area contributed by atoms with Gasteiger partial charge in [-0.3, -0.25) is 19.1 Å². The van der Waals surface area contributed by atoms with Crippen LogP contribution in [0.25, 0.3) is 33.2 Å². The lowest BCUT2D eigenvalue weighted by atomic mass is 9.98. The van der Waals surface area contributed by atoms with Crippen molar-refractivity contribution in [1.29, 1.82) is 0 Å². The van der Waals surface area contributed by atoms with Crippen molar-refractivity contribution >= 4 is 27.5 Å². The molecule has 0 saturated heterocycles. The van der Waals surface area contributed by atoms with Crippen LogP contribution >= 0.6 is 0 Å². The first-order valence-electron chi connectivity index (χ1n) is 10.6. The molecule has 0 N–H and O–H groups in total. The van der Waals surface area contributed by atoms with E-state index in [4.69, 9.17) is 4.74 Å². The molecular weight excluding hydrogens is 423 g/mol. The van der Waals surface area contributed by atoms with Crippen LogP contribution in [0.2, 0.25) is 0 Å². The Hall–Kier alpha value is -3.72. The molecule has 0 radical (unpaired) electrons. The van der Waals surface area contributed by atoms with Crippen molar-refractivity contribution in [3.63, 3.8) is 0 Å². The maximum Gasteiger partial charge on any atom is 0.333 e. The predicted octanol–water partition coefficient (Wildman–Crippen LogP) is 3.25. The Bertz CT molecular complexity index is 1500. The zero-order chi connectivity index (χ0) is 23.6. The minimum atomic E-state index is -0.557.